The van der Waals surface area contributed by atoms with Gasteiger partial charge in [0.05, 0.1) is 23.4 Å². The number of pyridine rings is 2. The van der Waals surface area contributed by atoms with Crippen molar-refractivity contribution in [1.82, 2.24) is 29.5 Å². The van der Waals surface area contributed by atoms with E-state index in [-0.39, 0.29) is 32.6 Å². The van der Waals surface area contributed by atoms with Crippen molar-refractivity contribution < 1.29 is 21.1 Å². The van der Waals surface area contributed by atoms with Crippen LogP contribution in [-0.2, 0) is 26.5 Å². The molecule has 0 radical (unpaired) electrons. The summed E-state index contributed by atoms with van der Waals surface area (Å²) in [7, 11) is 0. The van der Waals surface area contributed by atoms with E-state index in [0.29, 0.717) is 23.0 Å². The Hall–Kier alpha value is -6.73. The van der Waals surface area contributed by atoms with Crippen molar-refractivity contribution in [1.29, 1.82) is 5.26 Å². The van der Waals surface area contributed by atoms with Crippen LogP contribution >= 0.6 is 0 Å². The number of hydrogen-bond donors (Lipinski definition) is 0. The Bertz CT molecular complexity index is 2370. The van der Waals surface area contributed by atoms with Crippen LogP contribution in [0.4, 0.5) is 5.82 Å². The first kappa shape index (κ1) is 33.8. The van der Waals surface area contributed by atoms with Gasteiger partial charge in [0.1, 0.15) is 5.41 Å². The van der Waals surface area contributed by atoms with Crippen molar-refractivity contribution in [3.8, 4) is 40.0 Å². The van der Waals surface area contributed by atoms with Gasteiger partial charge in [-0.05, 0) is 62.9 Å². The minimum atomic E-state index is -1.06. The van der Waals surface area contributed by atoms with E-state index in [1.165, 1.54) is 4.68 Å². The number of hydrogen-bond acceptors (Lipinski definition) is 5. The molecule has 8 aromatic rings. The third-order valence-corrected chi connectivity index (χ3v) is 8.78. The maximum absolute atomic E-state index is 9.66. The summed E-state index contributed by atoms with van der Waals surface area (Å²) in [6, 6.07) is 53.6. The van der Waals surface area contributed by atoms with E-state index >= 15 is 0 Å². The maximum atomic E-state index is 9.66. The second kappa shape index (κ2) is 14.6. The molecule has 4 aromatic heterocycles. The van der Waals surface area contributed by atoms with Crippen molar-refractivity contribution in [2.45, 2.75) is 5.41 Å². The van der Waals surface area contributed by atoms with Crippen LogP contribution in [0.25, 0.3) is 38.7 Å². The normalized spacial score (nSPS) is 10.9. The van der Waals surface area contributed by atoms with Crippen molar-refractivity contribution in [2.75, 3.05) is 0 Å². The summed E-state index contributed by atoms with van der Waals surface area (Å²) >= 11 is 0. The van der Waals surface area contributed by atoms with Gasteiger partial charge in [-0.15, -0.1) is 6.07 Å². The van der Waals surface area contributed by atoms with Crippen LogP contribution in [0.1, 0.15) is 28.2 Å². The number of aromatic nitrogens is 6. The van der Waals surface area contributed by atoms with E-state index in [1.807, 2.05) is 121 Å². The molecule has 0 amide bonds. The van der Waals surface area contributed by atoms with Crippen LogP contribution in [0.5, 0.6) is 0 Å². The molecule has 0 saturated carbocycles. The van der Waals surface area contributed by atoms with Crippen molar-refractivity contribution in [3.05, 3.63) is 210 Å². The third kappa shape index (κ3) is 6.03. The molecule has 0 aliphatic heterocycles. The van der Waals surface area contributed by atoms with Gasteiger partial charge in [0, 0.05) is 11.4 Å². The molecule has 9 heteroatoms. The minimum absolute atomic E-state index is 0. The topological polar surface area (TPSA) is 89.6 Å². The predicted octanol–water partition coefficient (Wildman–Crippen LogP) is 8.59. The van der Waals surface area contributed by atoms with E-state index in [9.17, 15) is 5.26 Å². The summed E-state index contributed by atoms with van der Waals surface area (Å²) in [4.78, 5) is 14.4. The molecule has 0 spiro atoms. The Morgan fingerprint density at radius 3 is 1.44 bits per heavy atom. The fraction of sp³-hybridized carbons (Fsp3) is 0.0233. The SMILES string of the molecule is [C-]#[N+]c1c[c-]n(-c2nc(C(c3ccccc3)(c3ccccc3)c3ccc(-c4ccccc4)c(-n4[c-]cc(C#N)n4)n3)ccc2-c2ccccc2)n1.[Pt+2]. The minimum Gasteiger partial charge on any atom is -0.342 e. The zero-order valence-electron chi connectivity index (χ0n) is 27.4. The summed E-state index contributed by atoms with van der Waals surface area (Å²) in [5.74, 6) is 1.25. The molecule has 8 nitrogen and oxygen atoms in total. The Balaban J connectivity index is 0.00000420. The molecule has 0 fully saturated rings. The molecule has 0 N–H and O–H groups in total. The molecule has 0 unspecified atom stereocenters. The predicted molar refractivity (Wildman–Crippen MR) is 194 cm³/mol. The van der Waals surface area contributed by atoms with Crippen LogP contribution in [0.2, 0.25) is 0 Å². The summed E-state index contributed by atoms with van der Waals surface area (Å²) in [5.41, 5.74) is 5.93. The first-order valence-corrected chi connectivity index (χ1v) is 16.2. The van der Waals surface area contributed by atoms with Gasteiger partial charge in [0.25, 0.3) is 0 Å². The van der Waals surface area contributed by atoms with Gasteiger partial charge in [-0.25, -0.2) is 15.0 Å². The summed E-state index contributed by atoms with van der Waals surface area (Å²) in [6.07, 6.45) is 6.23. The van der Waals surface area contributed by atoms with Crippen LogP contribution < -0.4 is 0 Å². The number of nitriles is 1. The average molecular weight is 850 g/mol. The molecular formula is C43H26N8Pt. The Morgan fingerprint density at radius 2 is 1.02 bits per heavy atom. The molecule has 4 heterocycles. The van der Waals surface area contributed by atoms with Gasteiger partial charge < -0.3 is 9.53 Å². The van der Waals surface area contributed by atoms with Crippen LogP contribution in [0.15, 0.2) is 158 Å². The van der Waals surface area contributed by atoms with Crippen LogP contribution in [0.3, 0.4) is 0 Å². The van der Waals surface area contributed by atoms with Crippen LogP contribution in [0, 0.1) is 30.3 Å². The second-order valence-electron chi connectivity index (χ2n) is 11.7. The van der Waals surface area contributed by atoms with Gasteiger partial charge in [-0.1, -0.05) is 146 Å². The van der Waals surface area contributed by atoms with E-state index in [1.54, 1.807) is 16.8 Å². The standard InChI is InChI=1S/C43H26N8.Pt/c1-45-40-27-29-51(49-40)42-37(32-16-8-3-9-17-32)23-25-39(47-42)43(33-18-10-4-11-19-33,34-20-12-5-13-21-34)38-24-22-36(31-14-6-2-7-15-31)41(46-38)50-28-26-35(30-44)48-50;/h2-27H;/q-2;+2. The largest absolute Gasteiger partial charge is 2.00 e. The zero-order chi connectivity index (χ0) is 34.6. The molecule has 0 atom stereocenters. The van der Waals surface area contributed by atoms with Crippen molar-refractivity contribution in [3.63, 3.8) is 0 Å². The Kier molecular flexibility index (Phi) is 9.49. The summed E-state index contributed by atoms with van der Waals surface area (Å²) in [6.45, 7) is 7.57. The fourth-order valence-corrected chi connectivity index (χ4v) is 6.48. The van der Waals surface area contributed by atoms with Gasteiger partial charge in [-0.2, -0.15) is 0 Å². The zero-order valence-corrected chi connectivity index (χ0v) is 29.7. The number of benzene rings is 4. The second-order valence-corrected chi connectivity index (χ2v) is 11.7. The molecule has 248 valence electrons. The third-order valence-electron chi connectivity index (χ3n) is 8.78. The van der Waals surface area contributed by atoms with Gasteiger partial charge in [-0.3, -0.25) is 9.97 Å². The maximum Gasteiger partial charge on any atom is 2.00 e. The number of rotatable bonds is 8. The van der Waals surface area contributed by atoms with E-state index < -0.39 is 5.41 Å². The Labute approximate surface area is 315 Å². The average Bonchev–Trinajstić information content (AvgIpc) is 3.90. The fourth-order valence-electron chi connectivity index (χ4n) is 6.48. The van der Waals surface area contributed by atoms with E-state index in [2.05, 4.69) is 57.8 Å². The molecule has 52 heavy (non-hydrogen) atoms. The first-order valence-electron chi connectivity index (χ1n) is 16.2. The molecule has 4 aromatic carbocycles. The van der Waals surface area contributed by atoms with Gasteiger partial charge in [0.2, 0.25) is 0 Å². The molecule has 0 saturated heterocycles. The molecule has 0 aliphatic rings. The quantitative estimate of drug-likeness (QED) is 0.143. The molecule has 0 aliphatic carbocycles. The van der Waals surface area contributed by atoms with Crippen molar-refractivity contribution >= 4 is 5.82 Å². The van der Waals surface area contributed by atoms with Gasteiger partial charge in [0.15, 0.2) is 0 Å². The van der Waals surface area contributed by atoms with Crippen molar-refractivity contribution in [2.24, 2.45) is 0 Å². The molecular weight excluding hydrogens is 824 g/mol. The van der Waals surface area contributed by atoms with E-state index in [0.717, 1.165) is 33.4 Å². The first-order chi connectivity index (χ1) is 25.2. The van der Waals surface area contributed by atoms with Gasteiger partial charge >= 0.3 is 26.9 Å². The monoisotopic (exact) mass is 849 g/mol. The molecule has 8 rings (SSSR count). The molecule has 0 bridgehead atoms. The smallest absolute Gasteiger partial charge is 0.342 e. The Morgan fingerprint density at radius 1 is 0.577 bits per heavy atom. The van der Waals surface area contributed by atoms with Crippen LogP contribution in [-0.4, -0.2) is 29.5 Å². The van der Waals surface area contributed by atoms with E-state index in [4.69, 9.17) is 16.5 Å². The summed E-state index contributed by atoms with van der Waals surface area (Å²) < 4.78 is 3.08. The summed E-state index contributed by atoms with van der Waals surface area (Å²) in [5, 5.41) is 18.7. The number of nitrogens with zero attached hydrogens (tertiary/aromatic N) is 8.